The van der Waals surface area contributed by atoms with Gasteiger partial charge >= 0.3 is 0 Å². The molecule has 0 spiro atoms. The smallest absolute Gasteiger partial charge is 0.0959 e. The maximum atomic E-state index is 4.60. The van der Waals surface area contributed by atoms with Crippen molar-refractivity contribution in [1.82, 2.24) is 10.3 Å². The van der Waals surface area contributed by atoms with Gasteiger partial charge in [0.15, 0.2) is 0 Å². The number of hydrogen-bond donors (Lipinski definition) is 1. The molecule has 1 N–H and O–H groups in total. The first kappa shape index (κ1) is 10.7. The van der Waals surface area contributed by atoms with E-state index in [0.29, 0.717) is 5.92 Å². The van der Waals surface area contributed by atoms with Crippen LogP contribution in [0.15, 0.2) is 5.38 Å². The van der Waals surface area contributed by atoms with Gasteiger partial charge in [-0.15, -0.1) is 11.3 Å². The fourth-order valence-electron chi connectivity index (χ4n) is 1.41. The van der Waals surface area contributed by atoms with Crippen LogP contribution in [0.25, 0.3) is 0 Å². The van der Waals surface area contributed by atoms with Crippen molar-refractivity contribution in [2.45, 2.75) is 39.2 Å². The summed E-state index contributed by atoms with van der Waals surface area (Å²) in [6, 6.07) is 0. The van der Waals surface area contributed by atoms with Crippen molar-refractivity contribution in [3.05, 3.63) is 16.1 Å². The molecular formula is C10H18N2S. The maximum Gasteiger partial charge on any atom is 0.0959 e. The summed E-state index contributed by atoms with van der Waals surface area (Å²) in [5, 5.41) is 6.57. The molecule has 0 fully saturated rings. The molecule has 0 saturated heterocycles. The summed E-state index contributed by atoms with van der Waals surface area (Å²) in [5.74, 6) is 0.663. The van der Waals surface area contributed by atoms with E-state index in [1.807, 2.05) is 7.05 Å². The topological polar surface area (TPSA) is 24.9 Å². The van der Waals surface area contributed by atoms with Crippen LogP contribution in [0.2, 0.25) is 0 Å². The number of thiazole rings is 1. The van der Waals surface area contributed by atoms with Crippen LogP contribution in [0.5, 0.6) is 0 Å². The minimum atomic E-state index is 0.663. The summed E-state index contributed by atoms with van der Waals surface area (Å²) in [4.78, 5) is 4.60. The van der Waals surface area contributed by atoms with Crippen LogP contribution >= 0.6 is 11.3 Å². The van der Waals surface area contributed by atoms with Gasteiger partial charge in [0.05, 0.1) is 10.7 Å². The molecule has 74 valence electrons. The molecule has 0 atom stereocenters. The van der Waals surface area contributed by atoms with Crippen molar-refractivity contribution in [3.63, 3.8) is 0 Å². The Morgan fingerprint density at radius 3 is 2.69 bits per heavy atom. The summed E-state index contributed by atoms with van der Waals surface area (Å²) in [5.41, 5.74) is 1.18. The van der Waals surface area contributed by atoms with E-state index in [2.05, 4.69) is 29.5 Å². The molecule has 2 nitrogen and oxygen atoms in total. The van der Waals surface area contributed by atoms with E-state index in [4.69, 9.17) is 0 Å². The molecule has 0 aliphatic rings. The minimum Gasteiger partial charge on any atom is -0.314 e. The molecule has 0 amide bonds. The molecule has 13 heavy (non-hydrogen) atoms. The Labute approximate surface area is 84.4 Å². The summed E-state index contributed by atoms with van der Waals surface area (Å²) in [6.07, 6.45) is 2.39. The second-order valence-electron chi connectivity index (χ2n) is 3.22. The normalized spacial score (nSPS) is 11.1. The van der Waals surface area contributed by atoms with E-state index >= 15 is 0 Å². The van der Waals surface area contributed by atoms with Crippen LogP contribution in [-0.2, 0) is 6.54 Å². The van der Waals surface area contributed by atoms with Crippen LogP contribution < -0.4 is 5.32 Å². The summed E-state index contributed by atoms with van der Waals surface area (Å²) in [7, 11) is 1.95. The number of hydrogen-bond acceptors (Lipinski definition) is 3. The molecule has 0 radical (unpaired) electrons. The molecular weight excluding hydrogens is 180 g/mol. The van der Waals surface area contributed by atoms with Gasteiger partial charge < -0.3 is 5.32 Å². The van der Waals surface area contributed by atoms with E-state index < -0.39 is 0 Å². The van der Waals surface area contributed by atoms with E-state index in [1.54, 1.807) is 11.3 Å². The van der Waals surface area contributed by atoms with Crippen LogP contribution in [0.1, 0.15) is 43.3 Å². The third-order valence-corrected chi connectivity index (χ3v) is 3.32. The Bertz CT molecular complexity index is 241. The lowest BCUT2D eigenvalue weighted by Gasteiger charge is -2.06. The van der Waals surface area contributed by atoms with Gasteiger partial charge in [0, 0.05) is 17.8 Å². The Kier molecular flexibility index (Phi) is 4.39. The molecule has 0 saturated carbocycles. The van der Waals surface area contributed by atoms with E-state index in [1.165, 1.54) is 23.5 Å². The lowest BCUT2D eigenvalue weighted by molar-refractivity contribution is 0.633. The predicted molar refractivity (Wildman–Crippen MR) is 58.2 cm³/mol. The molecule has 1 aromatic heterocycles. The van der Waals surface area contributed by atoms with Gasteiger partial charge in [-0.05, 0) is 19.9 Å². The first-order valence-corrected chi connectivity index (χ1v) is 5.78. The van der Waals surface area contributed by atoms with Gasteiger partial charge in [-0.25, -0.2) is 4.98 Å². The Morgan fingerprint density at radius 1 is 1.46 bits per heavy atom. The van der Waals surface area contributed by atoms with Gasteiger partial charge in [-0.2, -0.15) is 0 Å². The van der Waals surface area contributed by atoms with Crippen molar-refractivity contribution < 1.29 is 0 Å². The van der Waals surface area contributed by atoms with Crippen molar-refractivity contribution in [3.8, 4) is 0 Å². The highest BCUT2D eigenvalue weighted by molar-refractivity contribution is 7.09. The molecule has 0 aliphatic heterocycles. The van der Waals surface area contributed by atoms with Gasteiger partial charge in [0.2, 0.25) is 0 Å². The van der Waals surface area contributed by atoms with E-state index in [9.17, 15) is 0 Å². The molecule has 0 aromatic carbocycles. The zero-order valence-corrected chi connectivity index (χ0v) is 9.45. The zero-order valence-electron chi connectivity index (χ0n) is 8.63. The summed E-state index contributed by atoms with van der Waals surface area (Å²) < 4.78 is 0. The third-order valence-electron chi connectivity index (χ3n) is 2.26. The summed E-state index contributed by atoms with van der Waals surface area (Å²) >= 11 is 1.80. The molecule has 0 bridgehead atoms. The lowest BCUT2D eigenvalue weighted by Crippen LogP contribution is -2.05. The Hall–Kier alpha value is -0.410. The number of nitrogens with zero attached hydrogens (tertiary/aromatic N) is 1. The average Bonchev–Trinajstić information content (AvgIpc) is 2.56. The van der Waals surface area contributed by atoms with Crippen LogP contribution in [0.3, 0.4) is 0 Å². The van der Waals surface area contributed by atoms with E-state index in [0.717, 1.165) is 6.54 Å². The van der Waals surface area contributed by atoms with Crippen LogP contribution in [0, 0.1) is 0 Å². The van der Waals surface area contributed by atoms with Crippen molar-refractivity contribution >= 4 is 11.3 Å². The SMILES string of the molecule is CCC(CC)c1nc(CNC)cs1. The number of aromatic nitrogens is 1. The quantitative estimate of drug-likeness (QED) is 0.787. The van der Waals surface area contributed by atoms with Crippen molar-refractivity contribution in [2.75, 3.05) is 7.05 Å². The van der Waals surface area contributed by atoms with Gasteiger partial charge in [-0.1, -0.05) is 13.8 Å². The first-order chi connectivity index (χ1) is 6.31. The van der Waals surface area contributed by atoms with Crippen LogP contribution in [0.4, 0.5) is 0 Å². The molecule has 1 rings (SSSR count). The largest absolute Gasteiger partial charge is 0.314 e. The lowest BCUT2D eigenvalue weighted by atomic mass is 10.1. The number of nitrogens with one attached hydrogen (secondary N) is 1. The third kappa shape index (κ3) is 2.78. The molecule has 0 aliphatic carbocycles. The highest BCUT2D eigenvalue weighted by Gasteiger charge is 2.10. The van der Waals surface area contributed by atoms with Gasteiger partial charge in [-0.3, -0.25) is 0 Å². The van der Waals surface area contributed by atoms with Crippen molar-refractivity contribution in [2.24, 2.45) is 0 Å². The van der Waals surface area contributed by atoms with Gasteiger partial charge in [0.25, 0.3) is 0 Å². The highest BCUT2D eigenvalue weighted by atomic mass is 32.1. The van der Waals surface area contributed by atoms with Crippen molar-refractivity contribution in [1.29, 1.82) is 0 Å². The number of rotatable bonds is 5. The van der Waals surface area contributed by atoms with Crippen LogP contribution in [-0.4, -0.2) is 12.0 Å². The van der Waals surface area contributed by atoms with E-state index in [-0.39, 0.29) is 0 Å². The standard InChI is InChI=1S/C10H18N2S/c1-4-8(5-2)10-12-9(6-11-3)7-13-10/h7-8,11H,4-6H2,1-3H3. The Morgan fingerprint density at radius 2 is 2.15 bits per heavy atom. The fourth-order valence-corrected chi connectivity index (χ4v) is 2.50. The zero-order chi connectivity index (χ0) is 9.68. The van der Waals surface area contributed by atoms with Gasteiger partial charge in [0.1, 0.15) is 0 Å². The average molecular weight is 198 g/mol. The monoisotopic (exact) mass is 198 g/mol. The highest BCUT2D eigenvalue weighted by Crippen LogP contribution is 2.25. The summed E-state index contributed by atoms with van der Waals surface area (Å²) in [6.45, 7) is 5.34. The Balaban J connectivity index is 2.66. The molecule has 1 heterocycles. The maximum absolute atomic E-state index is 4.60. The second-order valence-corrected chi connectivity index (χ2v) is 4.11. The minimum absolute atomic E-state index is 0.663. The second kappa shape index (κ2) is 5.35. The molecule has 1 aromatic rings. The molecule has 0 unspecified atom stereocenters. The predicted octanol–water partition coefficient (Wildman–Crippen LogP) is 2.77. The first-order valence-electron chi connectivity index (χ1n) is 4.90. The molecule has 3 heteroatoms. The fraction of sp³-hybridized carbons (Fsp3) is 0.700.